The van der Waals surface area contributed by atoms with Gasteiger partial charge < -0.3 is 5.32 Å². The molecule has 1 saturated heterocycles. The van der Waals surface area contributed by atoms with E-state index < -0.39 is 10.2 Å². The second kappa shape index (κ2) is 9.98. The minimum absolute atomic E-state index is 0.210. The standard InChI is InChI=1S/C24H33FN4O2S2/c25-19-10-9-18-5-4-6-22-23(21(18)15-19)28-24(32-22)27-20-11-7-17(8-12-20)16-26-33(30,31)29-13-2-1-3-14-29/h9-10,15,17,20,26H,1-8,11-14,16H2,(H,27,28). The zero-order valence-corrected chi connectivity index (χ0v) is 20.6. The highest BCUT2D eigenvalue weighted by molar-refractivity contribution is 7.87. The molecule has 0 spiro atoms. The van der Waals surface area contributed by atoms with E-state index in [4.69, 9.17) is 4.98 Å². The van der Waals surface area contributed by atoms with E-state index >= 15 is 0 Å². The minimum atomic E-state index is -3.34. The molecule has 2 aliphatic carbocycles. The topological polar surface area (TPSA) is 74.3 Å². The number of fused-ring (bicyclic) bond motifs is 3. The predicted octanol–water partition coefficient (Wildman–Crippen LogP) is 4.73. The summed E-state index contributed by atoms with van der Waals surface area (Å²) in [5.41, 5.74) is 3.06. The Bertz CT molecular complexity index is 1070. The predicted molar refractivity (Wildman–Crippen MR) is 131 cm³/mol. The molecule has 1 aliphatic heterocycles. The highest BCUT2D eigenvalue weighted by Gasteiger charge is 2.27. The van der Waals surface area contributed by atoms with Gasteiger partial charge in [0.1, 0.15) is 5.82 Å². The molecule has 0 amide bonds. The minimum Gasteiger partial charge on any atom is -0.359 e. The van der Waals surface area contributed by atoms with Gasteiger partial charge in [-0.3, -0.25) is 0 Å². The summed E-state index contributed by atoms with van der Waals surface area (Å²) in [4.78, 5) is 6.11. The smallest absolute Gasteiger partial charge is 0.279 e. The van der Waals surface area contributed by atoms with Crippen molar-refractivity contribution in [1.29, 1.82) is 0 Å². The van der Waals surface area contributed by atoms with Crippen LogP contribution >= 0.6 is 11.3 Å². The molecule has 2 N–H and O–H groups in total. The third-order valence-corrected chi connectivity index (χ3v) is 9.88. The number of nitrogens with one attached hydrogen (secondary N) is 2. The average molecular weight is 493 g/mol. The van der Waals surface area contributed by atoms with Gasteiger partial charge in [0.15, 0.2) is 5.13 Å². The number of benzene rings is 1. The molecule has 0 radical (unpaired) electrons. The van der Waals surface area contributed by atoms with E-state index in [1.165, 1.54) is 10.4 Å². The number of piperidine rings is 1. The number of thiazole rings is 1. The molecular weight excluding hydrogens is 459 g/mol. The van der Waals surface area contributed by atoms with E-state index in [9.17, 15) is 12.8 Å². The van der Waals surface area contributed by atoms with Crippen LogP contribution in [0.2, 0.25) is 0 Å². The molecule has 0 bridgehead atoms. The van der Waals surface area contributed by atoms with Gasteiger partial charge in [-0.15, -0.1) is 11.3 Å². The van der Waals surface area contributed by atoms with Crippen molar-refractivity contribution in [3.05, 3.63) is 34.5 Å². The monoisotopic (exact) mass is 492 g/mol. The van der Waals surface area contributed by atoms with Crippen molar-refractivity contribution < 1.29 is 12.8 Å². The van der Waals surface area contributed by atoms with E-state index in [1.54, 1.807) is 27.8 Å². The van der Waals surface area contributed by atoms with Crippen LogP contribution in [0.4, 0.5) is 9.52 Å². The van der Waals surface area contributed by atoms with Gasteiger partial charge in [0, 0.05) is 36.1 Å². The molecule has 1 aromatic carbocycles. The van der Waals surface area contributed by atoms with Crippen molar-refractivity contribution in [3.8, 4) is 11.3 Å². The van der Waals surface area contributed by atoms with Crippen LogP contribution in [0.1, 0.15) is 61.8 Å². The molecule has 9 heteroatoms. The summed E-state index contributed by atoms with van der Waals surface area (Å²) < 4.78 is 43.4. The molecule has 33 heavy (non-hydrogen) atoms. The van der Waals surface area contributed by atoms with Gasteiger partial charge in [0.2, 0.25) is 0 Å². The first-order chi connectivity index (χ1) is 16.0. The number of aryl methyl sites for hydroxylation is 2. The van der Waals surface area contributed by atoms with Crippen LogP contribution < -0.4 is 10.0 Å². The number of nitrogens with zero attached hydrogens (tertiary/aromatic N) is 2. The lowest BCUT2D eigenvalue weighted by Gasteiger charge is -2.30. The van der Waals surface area contributed by atoms with Crippen molar-refractivity contribution in [2.24, 2.45) is 5.92 Å². The van der Waals surface area contributed by atoms with Crippen LogP contribution in [-0.4, -0.2) is 43.4 Å². The average Bonchev–Trinajstić information content (AvgIpc) is 3.14. The Morgan fingerprint density at radius 1 is 1.06 bits per heavy atom. The Balaban J connectivity index is 1.15. The molecule has 2 fully saturated rings. The van der Waals surface area contributed by atoms with E-state index in [2.05, 4.69) is 10.0 Å². The van der Waals surface area contributed by atoms with Crippen LogP contribution in [0.15, 0.2) is 18.2 Å². The van der Waals surface area contributed by atoms with Crippen molar-refractivity contribution in [2.75, 3.05) is 25.0 Å². The maximum absolute atomic E-state index is 13.9. The van der Waals surface area contributed by atoms with Gasteiger partial charge >= 0.3 is 0 Å². The summed E-state index contributed by atoms with van der Waals surface area (Å²) in [6.45, 7) is 1.81. The van der Waals surface area contributed by atoms with E-state index in [1.807, 2.05) is 6.07 Å². The number of anilines is 1. The first-order valence-corrected chi connectivity index (χ1v) is 14.5. The van der Waals surface area contributed by atoms with Gasteiger partial charge in [-0.1, -0.05) is 12.5 Å². The number of hydrogen-bond acceptors (Lipinski definition) is 5. The number of halogens is 1. The fraction of sp³-hybridized carbons (Fsp3) is 0.625. The second-order valence-corrected chi connectivity index (χ2v) is 12.5. The Morgan fingerprint density at radius 2 is 1.85 bits per heavy atom. The normalized spacial score (nSPS) is 24.0. The quantitative estimate of drug-likeness (QED) is 0.612. The van der Waals surface area contributed by atoms with E-state index in [0.29, 0.717) is 31.6 Å². The van der Waals surface area contributed by atoms with E-state index in [0.717, 1.165) is 80.6 Å². The summed E-state index contributed by atoms with van der Waals surface area (Å²) in [6.07, 6.45) is 10.1. The fourth-order valence-corrected chi connectivity index (χ4v) is 7.79. The highest BCUT2D eigenvalue weighted by atomic mass is 32.2. The zero-order chi connectivity index (χ0) is 22.8. The maximum atomic E-state index is 13.9. The molecule has 0 atom stereocenters. The van der Waals surface area contributed by atoms with Gasteiger partial charge in [-0.05, 0) is 81.4 Å². The zero-order valence-electron chi connectivity index (χ0n) is 19.0. The van der Waals surface area contributed by atoms with Crippen molar-refractivity contribution >= 4 is 26.7 Å². The van der Waals surface area contributed by atoms with Crippen molar-refractivity contribution in [3.63, 3.8) is 0 Å². The molecule has 3 aliphatic rings. The lowest BCUT2D eigenvalue weighted by Crippen LogP contribution is -2.45. The lowest BCUT2D eigenvalue weighted by atomic mass is 9.86. The van der Waals surface area contributed by atoms with Crippen LogP contribution in [0.5, 0.6) is 0 Å². The molecule has 6 nitrogen and oxygen atoms in total. The Kier molecular flexibility index (Phi) is 7.02. The molecular formula is C24H33FN4O2S2. The second-order valence-electron chi connectivity index (χ2n) is 9.62. The first kappa shape index (κ1) is 23.2. The summed E-state index contributed by atoms with van der Waals surface area (Å²) in [6, 6.07) is 5.41. The van der Waals surface area contributed by atoms with Gasteiger partial charge in [0.05, 0.1) is 5.69 Å². The molecule has 0 unspecified atom stereocenters. The van der Waals surface area contributed by atoms with Gasteiger partial charge in [-0.25, -0.2) is 14.1 Å². The number of hydrogen-bond donors (Lipinski definition) is 2. The van der Waals surface area contributed by atoms with Crippen molar-refractivity contribution in [1.82, 2.24) is 14.0 Å². The van der Waals surface area contributed by atoms with Crippen LogP contribution in [0, 0.1) is 11.7 Å². The first-order valence-electron chi connectivity index (χ1n) is 12.3. The summed E-state index contributed by atoms with van der Waals surface area (Å²) in [5, 5.41) is 4.54. The fourth-order valence-electron chi connectivity index (χ4n) is 5.33. The largest absolute Gasteiger partial charge is 0.359 e. The summed E-state index contributed by atoms with van der Waals surface area (Å²) in [5.74, 6) is 0.170. The lowest BCUT2D eigenvalue weighted by molar-refractivity contribution is 0.320. The summed E-state index contributed by atoms with van der Waals surface area (Å²) >= 11 is 1.70. The van der Waals surface area contributed by atoms with Crippen LogP contribution in [-0.2, 0) is 23.1 Å². The molecule has 1 saturated carbocycles. The number of aromatic nitrogens is 1. The van der Waals surface area contributed by atoms with E-state index in [-0.39, 0.29) is 5.82 Å². The Hall–Kier alpha value is -1.55. The highest BCUT2D eigenvalue weighted by Crippen LogP contribution is 2.38. The molecule has 2 heterocycles. The van der Waals surface area contributed by atoms with Crippen LogP contribution in [0.3, 0.4) is 0 Å². The van der Waals surface area contributed by atoms with Crippen molar-refractivity contribution in [2.45, 2.75) is 70.3 Å². The van der Waals surface area contributed by atoms with Crippen LogP contribution in [0.25, 0.3) is 11.3 Å². The third kappa shape index (κ3) is 5.42. The molecule has 180 valence electrons. The van der Waals surface area contributed by atoms with Gasteiger partial charge in [0.25, 0.3) is 10.2 Å². The summed E-state index contributed by atoms with van der Waals surface area (Å²) in [7, 11) is -3.34. The van der Waals surface area contributed by atoms with Gasteiger partial charge in [-0.2, -0.15) is 12.7 Å². The number of rotatable bonds is 6. The third-order valence-electron chi connectivity index (χ3n) is 7.26. The maximum Gasteiger partial charge on any atom is 0.279 e. The molecule has 2 aromatic rings. The SMILES string of the molecule is O=S(=O)(NCC1CCC(Nc2nc3c(s2)CCCc2ccc(F)cc2-3)CC1)N1CCCCC1. The molecule has 5 rings (SSSR count). The molecule has 1 aromatic heterocycles. The Labute approximate surface area is 200 Å². The Morgan fingerprint density at radius 3 is 2.64 bits per heavy atom.